The van der Waals surface area contributed by atoms with Crippen molar-refractivity contribution in [3.8, 4) is 11.5 Å². The molecule has 4 rings (SSSR count). The Labute approximate surface area is 201 Å². The van der Waals surface area contributed by atoms with Gasteiger partial charge in [0.05, 0.1) is 19.4 Å². The highest BCUT2D eigenvalue weighted by atomic mass is 16.5. The number of benzene rings is 2. The number of aryl methyl sites for hydroxylation is 3. The molecule has 3 aromatic rings. The smallest absolute Gasteiger partial charge is 0.246 e. The van der Waals surface area contributed by atoms with Crippen molar-refractivity contribution in [2.24, 2.45) is 0 Å². The van der Waals surface area contributed by atoms with E-state index in [0.29, 0.717) is 19.7 Å². The van der Waals surface area contributed by atoms with Crippen molar-refractivity contribution in [3.05, 3.63) is 58.9 Å². The Bertz CT molecular complexity index is 1230. The zero-order chi connectivity index (χ0) is 24.4. The van der Waals surface area contributed by atoms with Gasteiger partial charge in [-0.25, -0.2) is 0 Å². The van der Waals surface area contributed by atoms with Crippen LogP contribution in [0.3, 0.4) is 0 Å². The van der Waals surface area contributed by atoms with Crippen molar-refractivity contribution in [1.29, 1.82) is 0 Å². The van der Waals surface area contributed by atoms with Gasteiger partial charge in [-0.15, -0.1) is 0 Å². The van der Waals surface area contributed by atoms with Crippen LogP contribution in [-0.2, 0) is 4.79 Å². The van der Waals surface area contributed by atoms with Crippen molar-refractivity contribution in [3.63, 3.8) is 0 Å². The molecule has 0 saturated carbocycles. The van der Waals surface area contributed by atoms with Gasteiger partial charge in [-0.05, 0) is 64.0 Å². The lowest BCUT2D eigenvalue weighted by molar-refractivity contribution is -0.126. The normalized spacial score (nSPS) is 14.6. The Morgan fingerprint density at radius 3 is 2.47 bits per heavy atom. The average Bonchev–Trinajstić information content (AvgIpc) is 3.14. The number of anilines is 1. The molecule has 1 amide bonds. The van der Waals surface area contributed by atoms with Gasteiger partial charge in [0.25, 0.3) is 0 Å². The van der Waals surface area contributed by atoms with E-state index in [-0.39, 0.29) is 5.91 Å². The summed E-state index contributed by atoms with van der Waals surface area (Å²) in [6.07, 6.45) is 1.74. The Morgan fingerprint density at radius 1 is 1.09 bits per heavy atom. The third-order valence-electron chi connectivity index (χ3n) is 6.72. The van der Waals surface area contributed by atoms with E-state index in [1.54, 1.807) is 13.2 Å². The first-order valence-electron chi connectivity index (χ1n) is 11.9. The topological polar surface area (TPSA) is 55.2 Å². The predicted molar refractivity (Wildman–Crippen MR) is 137 cm³/mol. The largest absolute Gasteiger partial charge is 0.495 e. The van der Waals surface area contributed by atoms with Gasteiger partial charge < -0.3 is 23.7 Å². The van der Waals surface area contributed by atoms with Crippen LogP contribution in [0, 0.1) is 20.8 Å². The fourth-order valence-corrected chi connectivity index (χ4v) is 4.65. The number of hydrogen-bond donors (Lipinski definition) is 0. The van der Waals surface area contributed by atoms with E-state index in [1.165, 1.54) is 0 Å². The maximum Gasteiger partial charge on any atom is 0.246 e. The van der Waals surface area contributed by atoms with E-state index >= 15 is 0 Å². The first-order chi connectivity index (χ1) is 16.3. The molecule has 1 saturated heterocycles. The number of nitrogens with zero attached hydrogens (tertiary/aromatic N) is 2. The van der Waals surface area contributed by atoms with E-state index in [0.717, 1.165) is 69.3 Å². The molecule has 6 nitrogen and oxygen atoms in total. The minimum absolute atomic E-state index is 0.0254. The van der Waals surface area contributed by atoms with Crippen molar-refractivity contribution >= 4 is 28.1 Å². The van der Waals surface area contributed by atoms with Gasteiger partial charge in [0.15, 0.2) is 0 Å². The SMILES string of the molecule is CCOc1c(/C(C)=C/C(=O)N2CCN(c3ccccc3OC)CC2)cc2c(C)c(C)oc2c1C. The average molecular weight is 463 g/mol. The maximum atomic E-state index is 13.2. The number of hydrogen-bond acceptors (Lipinski definition) is 5. The molecular weight excluding hydrogens is 428 g/mol. The number of allylic oxidation sites excluding steroid dienone is 1. The third kappa shape index (κ3) is 4.37. The van der Waals surface area contributed by atoms with E-state index < -0.39 is 0 Å². The molecule has 1 fully saturated rings. The monoisotopic (exact) mass is 462 g/mol. The summed E-state index contributed by atoms with van der Waals surface area (Å²) in [6.45, 7) is 13.4. The number of furan rings is 1. The molecule has 0 spiro atoms. The maximum absolute atomic E-state index is 13.2. The number of para-hydroxylation sites is 2. The fourth-order valence-electron chi connectivity index (χ4n) is 4.65. The van der Waals surface area contributed by atoms with Gasteiger partial charge in [0.1, 0.15) is 22.8 Å². The Balaban J connectivity index is 1.56. The van der Waals surface area contributed by atoms with Crippen LogP contribution < -0.4 is 14.4 Å². The summed E-state index contributed by atoms with van der Waals surface area (Å²) >= 11 is 0. The van der Waals surface area contributed by atoms with Crippen LogP contribution in [0.4, 0.5) is 5.69 Å². The molecule has 2 heterocycles. The van der Waals surface area contributed by atoms with Crippen LogP contribution in [0.5, 0.6) is 11.5 Å². The van der Waals surface area contributed by atoms with Crippen molar-refractivity contribution in [2.75, 3.05) is 44.8 Å². The molecular formula is C28H34N2O4. The summed E-state index contributed by atoms with van der Waals surface area (Å²) in [6, 6.07) is 10.1. The lowest BCUT2D eigenvalue weighted by Gasteiger charge is -2.36. The lowest BCUT2D eigenvalue weighted by Crippen LogP contribution is -2.48. The van der Waals surface area contributed by atoms with Crippen LogP contribution in [0.25, 0.3) is 16.5 Å². The zero-order valence-electron chi connectivity index (χ0n) is 21.0. The molecule has 1 aromatic heterocycles. The van der Waals surface area contributed by atoms with Gasteiger partial charge >= 0.3 is 0 Å². The number of piperazine rings is 1. The summed E-state index contributed by atoms with van der Waals surface area (Å²) in [5.41, 5.74) is 5.85. The molecule has 0 bridgehead atoms. The fraction of sp³-hybridized carbons (Fsp3) is 0.393. The molecule has 0 radical (unpaired) electrons. The van der Waals surface area contributed by atoms with Crippen LogP contribution in [0.2, 0.25) is 0 Å². The van der Waals surface area contributed by atoms with Gasteiger partial charge in [-0.2, -0.15) is 0 Å². The standard InChI is InChI=1S/C28H34N2O4/c1-7-33-27-20(4)28-23(19(3)21(5)34-28)17-22(27)18(2)16-26(31)30-14-12-29(13-15-30)24-10-8-9-11-25(24)32-6/h8-11,16-17H,7,12-15H2,1-6H3/b18-16+. The number of fused-ring (bicyclic) bond motifs is 1. The highest BCUT2D eigenvalue weighted by Crippen LogP contribution is 2.39. The van der Waals surface area contributed by atoms with E-state index in [4.69, 9.17) is 13.9 Å². The summed E-state index contributed by atoms with van der Waals surface area (Å²) in [7, 11) is 1.69. The quantitative estimate of drug-likeness (QED) is 0.452. The summed E-state index contributed by atoms with van der Waals surface area (Å²) in [5.74, 6) is 2.57. The molecule has 0 aliphatic carbocycles. The van der Waals surface area contributed by atoms with E-state index in [2.05, 4.69) is 24.0 Å². The highest BCUT2D eigenvalue weighted by Gasteiger charge is 2.23. The van der Waals surface area contributed by atoms with Crippen LogP contribution in [-0.4, -0.2) is 50.7 Å². The number of rotatable bonds is 6. The number of carbonyl (C=O) groups is 1. The second-order valence-corrected chi connectivity index (χ2v) is 8.78. The Hall–Kier alpha value is -3.41. The molecule has 6 heteroatoms. The Kier molecular flexibility index (Phi) is 6.87. The van der Waals surface area contributed by atoms with Crippen LogP contribution in [0.1, 0.15) is 36.3 Å². The molecule has 0 unspecified atom stereocenters. The lowest BCUT2D eigenvalue weighted by atomic mass is 9.98. The second-order valence-electron chi connectivity index (χ2n) is 8.78. The van der Waals surface area contributed by atoms with Gasteiger partial charge in [0, 0.05) is 48.8 Å². The first kappa shape index (κ1) is 23.7. The van der Waals surface area contributed by atoms with Crippen LogP contribution in [0.15, 0.2) is 40.8 Å². The van der Waals surface area contributed by atoms with E-state index in [1.807, 2.05) is 50.8 Å². The summed E-state index contributed by atoms with van der Waals surface area (Å²) < 4.78 is 17.5. The molecule has 0 atom stereocenters. The minimum Gasteiger partial charge on any atom is -0.495 e. The summed E-state index contributed by atoms with van der Waals surface area (Å²) in [5, 5.41) is 1.07. The molecule has 1 aliphatic rings. The third-order valence-corrected chi connectivity index (χ3v) is 6.72. The van der Waals surface area contributed by atoms with Gasteiger partial charge in [-0.1, -0.05) is 12.1 Å². The predicted octanol–water partition coefficient (Wildman–Crippen LogP) is 5.52. The summed E-state index contributed by atoms with van der Waals surface area (Å²) in [4.78, 5) is 17.4. The van der Waals surface area contributed by atoms with Crippen molar-refractivity contribution in [2.45, 2.75) is 34.6 Å². The molecule has 0 N–H and O–H groups in total. The molecule has 2 aromatic carbocycles. The van der Waals surface area contributed by atoms with E-state index in [9.17, 15) is 4.79 Å². The van der Waals surface area contributed by atoms with Crippen molar-refractivity contribution < 1.29 is 18.7 Å². The number of methoxy groups -OCH3 is 1. The number of amides is 1. The highest BCUT2D eigenvalue weighted by molar-refractivity contribution is 5.98. The van der Waals surface area contributed by atoms with Gasteiger partial charge in [0.2, 0.25) is 5.91 Å². The van der Waals surface area contributed by atoms with Gasteiger partial charge in [-0.3, -0.25) is 4.79 Å². The Morgan fingerprint density at radius 2 is 1.79 bits per heavy atom. The first-order valence-corrected chi connectivity index (χ1v) is 11.9. The molecule has 1 aliphatic heterocycles. The van der Waals surface area contributed by atoms with Crippen molar-refractivity contribution in [1.82, 2.24) is 4.90 Å². The van der Waals surface area contributed by atoms with Crippen LogP contribution >= 0.6 is 0 Å². The number of carbonyl (C=O) groups excluding carboxylic acids is 1. The zero-order valence-corrected chi connectivity index (χ0v) is 21.0. The molecule has 34 heavy (non-hydrogen) atoms. The number of ether oxygens (including phenoxy) is 2. The minimum atomic E-state index is 0.0254. The second kappa shape index (κ2) is 9.84. The molecule has 180 valence electrons.